The molecule has 0 aromatic heterocycles. The molecule has 1 N–H and O–H groups in total. The Balaban J connectivity index is 2.75. The van der Waals surface area contributed by atoms with E-state index < -0.39 is 0 Å². The van der Waals surface area contributed by atoms with Gasteiger partial charge in [-0.1, -0.05) is 32.0 Å². The van der Waals surface area contributed by atoms with E-state index in [0.29, 0.717) is 5.41 Å². The molecule has 0 spiro atoms. The highest BCUT2D eigenvalue weighted by atomic mass is 15.1. The lowest BCUT2D eigenvalue weighted by atomic mass is 9.81. The van der Waals surface area contributed by atoms with Crippen LogP contribution in [0.25, 0.3) is 0 Å². The third-order valence-electron chi connectivity index (χ3n) is 4.26. The van der Waals surface area contributed by atoms with Gasteiger partial charge < -0.3 is 10.2 Å². The Hall–Kier alpha value is -1.02. The van der Waals surface area contributed by atoms with Crippen LogP contribution in [0.4, 0.5) is 5.69 Å². The van der Waals surface area contributed by atoms with Gasteiger partial charge in [-0.3, -0.25) is 0 Å². The SMILES string of the molecule is CCC(CC)(CNC(C)(C)C)CN(C)c1ccccc1. The standard InChI is InChI=1S/C18H32N2/c1-7-18(8-2,14-19-17(3,4)5)15-20(6)16-12-10-9-11-13-16/h9-13,19H,7-8,14-15H2,1-6H3. The molecule has 0 radical (unpaired) electrons. The van der Waals surface area contributed by atoms with Crippen LogP contribution >= 0.6 is 0 Å². The van der Waals surface area contributed by atoms with Gasteiger partial charge in [0.25, 0.3) is 0 Å². The maximum absolute atomic E-state index is 3.69. The Morgan fingerprint density at radius 1 is 1.00 bits per heavy atom. The number of hydrogen-bond donors (Lipinski definition) is 1. The summed E-state index contributed by atoms with van der Waals surface area (Å²) in [7, 11) is 2.20. The van der Waals surface area contributed by atoms with E-state index in [-0.39, 0.29) is 5.54 Å². The minimum atomic E-state index is 0.181. The summed E-state index contributed by atoms with van der Waals surface area (Å²) >= 11 is 0. The van der Waals surface area contributed by atoms with Crippen molar-refractivity contribution in [3.63, 3.8) is 0 Å². The fraction of sp³-hybridized carbons (Fsp3) is 0.667. The van der Waals surface area contributed by atoms with E-state index in [9.17, 15) is 0 Å². The van der Waals surface area contributed by atoms with Gasteiger partial charge in [0.2, 0.25) is 0 Å². The van der Waals surface area contributed by atoms with Crippen LogP contribution < -0.4 is 10.2 Å². The quantitative estimate of drug-likeness (QED) is 0.798. The average Bonchev–Trinajstić information content (AvgIpc) is 2.43. The Morgan fingerprint density at radius 2 is 1.55 bits per heavy atom. The van der Waals surface area contributed by atoms with Crippen molar-refractivity contribution in [2.75, 3.05) is 25.0 Å². The molecule has 2 heteroatoms. The molecule has 1 aromatic carbocycles. The molecular formula is C18H32N2. The Morgan fingerprint density at radius 3 is 2.00 bits per heavy atom. The monoisotopic (exact) mass is 276 g/mol. The molecule has 114 valence electrons. The maximum Gasteiger partial charge on any atom is 0.0363 e. The van der Waals surface area contributed by atoms with Crippen LogP contribution in [0.3, 0.4) is 0 Å². The smallest absolute Gasteiger partial charge is 0.0363 e. The third kappa shape index (κ3) is 5.16. The number of benzene rings is 1. The number of anilines is 1. The van der Waals surface area contributed by atoms with E-state index in [0.717, 1.165) is 13.1 Å². The molecule has 0 saturated heterocycles. The molecule has 0 fully saturated rings. The van der Waals surface area contributed by atoms with Crippen molar-refractivity contribution in [1.82, 2.24) is 5.32 Å². The zero-order chi connectivity index (χ0) is 15.2. The van der Waals surface area contributed by atoms with Crippen molar-refractivity contribution in [3.05, 3.63) is 30.3 Å². The van der Waals surface area contributed by atoms with E-state index in [2.05, 4.69) is 82.2 Å². The molecule has 0 aliphatic rings. The first kappa shape index (κ1) is 17.0. The Bertz CT molecular complexity index is 374. The highest BCUT2D eigenvalue weighted by molar-refractivity contribution is 5.45. The molecule has 0 bridgehead atoms. The van der Waals surface area contributed by atoms with Gasteiger partial charge in [0.05, 0.1) is 0 Å². The van der Waals surface area contributed by atoms with Gasteiger partial charge in [0.15, 0.2) is 0 Å². The minimum Gasteiger partial charge on any atom is -0.374 e. The molecule has 0 aliphatic carbocycles. The van der Waals surface area contributed by atoms with Crippen LogP contribution in [-0.2, 0) is 0 Å². The van der Waals surface area contributed by atoms with Gasteiger partial charge >= 0.3 is 0 Å². The summed E-state index contributed by atoms with van der Waals surface area (Å²) in [6.45, 7) is 13.5. The summed E-state index contributed by atoms with van der Waals surface area (Å²) < 4.78 is 0. The molecule has 0 heterocycles. The molecule has 0 aliphatic heterocycles. The summed E-state index contributed by atoms with van der Waals surface area (Å²) in [4.78, 5) is 2.39. The zero-order valence-electron chi connectivity index (χ0n) is 14.2. The second kappa shape index (κ2) is 7.12. The largest absolute Gasteiger partial charge is 0.374 e. The van der Waals surface area contributed by atoms with Gasteiger partial charge in [-0.05, 0) is 51.2 Å². The zero-order valence-corrected chi connectivity index (χ0v) is 14.2. The van der Waals surface area contributed by atoms with Gasteiger partial charge in [-0.2, -0.15) is 0 Å². The molecule has 1 rings (SSSR count). The number of nitrogens with zero attached hydrogens (tertiary/aromatic N) is 1. The van der Waals surface area contributed by atoms with Crippen molar-refractivity contribution in [2.24, 2.45) is 5.41 Å². The van der Waals surface area contributed by atoms with Crippen molar-refractivity contribution in [2.45, 2.75) is 53.0 Å². The number of nitrogens with one attached hydrogen (secondary N) is 1. The van der Waals surface area contributed by atoms with E-state index in [1.807, 2.05) is 0 Å². The lowest BCUT2D eigenvalue weighted by molar-refractivity contribution is 0.228. The third-order valence-corrected chi connectivity index (χ3v) is 4.26. The second-order valence-corrected chi connectivity index (χ2v) is 7.00. The number of para-hydroxylation sites is 1. The molecule has 0 amide bonds. The van der Waals surface area contributed by atoms with E-state index >= 15 is 0 Å². The van der Waals surface area contributed by atoms with Crippen molar-refractivity contribution >= 4 is 5.69 Å². The Kier molecular flexibility index (Phi) is 6.07. The van der Waals surface area contributed by atoms with Gasteiger partial charge in [0.1, 0.15) is 0 Å². The van der Waals surface area contributed by atoms with Crippen LogP contribution in [0, 0.1) is 5.41 Å². The van der Waals surface area contributed by atoms with Crippen LogP contribution in [-0.4, -0.2) is 25.7 Å². The summed E-state index contributed by atoms with van der Waals surface area (Å²) in [6, 6.07) is 10.7. The van der Waals surface area contributed by atoms with Gasteiger partial charge in [-0.25, -0.2) is 0 Å². The number of rotatable bonds is 7. The first-order valence-electron chi connectivity index (χ1n) is 7.83. The lowest BCUT2D eigenvalue weighted by Crippen LogP contribution is -2.48. The predicted molar refractivity (Wildman–Crippen MR) is 90.5 cm³/mol. The van der Waals surface area contributed by atoms with E-state index in [1.165, 1.54) is 18.5 Å². The van der Waals surface area contributed by atoms with E-state index in [4.69, 9.17) is 0 Å². The molecular weight excluding hydrogens is 244 g/mol. The Labute approximate surface area is 125 Å². The van der Waals surface area contributed by atoms with Crippen molar-refractivity contribution < 1.29 is 0 Å². The lowest BCUT2D eigenvalue weighted by Gasteiger charge is -2.39. The molecule has 2 nitrogen and oxygen atoms in total. The highest BCUT2D eigenvalue weighted by Crippen LogP contribution is 2.29. The molecule has 0 unspecified atom stereocenters. The number of hydrogen-bond acceptors (Lipinski definition) is 2. The first-order chi connectivity index (χ1) is 9.32. The summed E-state index contributed by atoms with van der Waals surface area (Å²) in [5, 5.41) is 3.69. The van der Waals surface area contributed by atoms with Crippen molar-refractivity contribution in [3.8, 4) is 0 Å². The topological polar surface area (TPSA) is 15.3 Å². The van der Waals surface area contributed by atoms with Gasteiger partial charge in [-0.15, -0.1) is 0 Å². The fourth-order valence-electron chi connectivity index (χ4n) is 2.51. The second-order valence-electron chi connectivity index (χ2n) is 7.00. The first-order valence-corrected chi connectivity index (χ1v) is 7.83. The fourth-order valence-corrected chi connectivity index (χ4v) is 2.51. The van der Waals surface area contributed by atoms with Crippen LogP contribution in [0.1, 0.15) is 47.5 Å². The van der Waals surface area contributed by atoms with Crippen LogP contribution in [0.5, 0.6) is 0 Å². The highest BCUT2D eigenvalue weighted by Gasteiger charge is 2.29. The molecule has 20 heavy (non-hydrogen) atoms. The normalized spacial score (nSPS) is 12.5. The minimum absolute atomic E-state index is 0.181. The summed E-state index contributed by atoms with van der Waals surface area (Å²) in [5.41, 5.74) is 1.81. The van der Waals surface area contributed by atoms with Gasteiger partial charge in [0, 0.05) is 31.4 Å². The van der Waals surface area contributed by atoms with Crippen molar-refractivity contribution in [1.29, 1.82) is 0 Å². The summed E-state index contributed by atoms with van der Waals surface area (Å²) in [5.74, 6) is 0. The molecule has 0 saturated carbocycles. The maximum atomic E-state index is 3.69. The average molecular weight is 276 g/mol. The molecule has 1 aromatic rings. The van der Waals surface area contributed by atoms with E-state index in [1.54, 1.807) is 0 Å². The molecule has 0 atom stereocenters. The predicted octanol–water partition coefficient (Wildman–Crippen LogP) is 4.32. The summed E-state index contributed by atoms with van der Waals surface area (Å²) in [6.07, 6.45) is 2.40. The van der Waals surface area contributed by atoms with Crippen LogP contribution in [0.15, 0.2) is 30.3 Å². The van der Waals surface area contributed by atoms with Crippen LogP contribution in [0.2, 0.25) is 0 Å².